The molecule has 3 unspecified atom stereocenters. The van der Waals surface area contributed by atoms with E-state index in [1.54, 1.807) is 31.2 Å². The molecule has 7 nitrogen and oxygen atoms in total. The number of hydrogen-bond donors (Lipinski definition) is 4. The standard InChI is InChI=1S/C27H29AsO7/c1-11(29)13-7-14(8-15-10-19(28)23(30)12(2)35-15)20-18(9-13)26(33)21-22(27(20)34)25(32)17-6-4-3-5-16(17)24(21)31/h3-6,11-15,19,23,29-30,33-34H,7-10H2,1-2H3/t11?,12-,13?,14?,15-,19-,23+/m0/s1. The summed E-state index contributed by atoms with van der Waals surface area (Å²) in [6, 6.07) is 6.42. The van der Waals surface area contributed by atoms with Gasteiger partial charge in [0.15, 0.2) is 0 Å². The van der Waals surface area contributed by atoms with Gasteiger partial charge in [-0.05, 0) is 0 Å². The summed E-state index contributed by atoms with van der Waals surface area (Å²) in [5, 5.41) is 43.5. The summed E-state index contributed by atoms with van der Waals surface area (Å²) in [5.41, 5.74) is 0.975. The van der Waals surface area contributed by atoms with E-state index in [1.165, 1.54) is 0 Å². The maximum absolute atomic E-state index is 13.4. The third-order valence-corrected chi connectivity index (χ3v) is 9.02. The molecular weight excluding hydrogens is 511 g/mol. The van der Waals surface area contributed by atoms with Crippen LogP contribution < -0.4 is 0 Å². The monoisotopic (exact) mass is 540 g/mol. The summed E-state index contributed by atoms with van der Waals surface area (Å²) in [6.07, 6.45) is 0.128. The van der Waals surface area contributed by atoms with E-state index in [2.05, 4.69) is 16.9 Å². The van der Waals surface area contributed by atoms with E-state index in [0.717, 1.165) is 0 Å². The second-order valence-corrected chi connectivity index (χ2v) is 11.6. The van der Waals surface area contributed by atoms with Crippen LogP contribution in [0.5, 0.6) is 11.5 Å². The maximum atomic E-state index is 13.4. The topological polar surface area (TPSA) is 124 Å². The quantitative estimate of drug-likeness (QED) is 0.298. The van der Waals surface area contributed by atoms with Crippen molar-refractivity contribution in [2.45, 2.75) is 74.6 Å². The van der Waals surface area contributed by atoms with Crippen LogP contribution in [0.15, 0.2) is 24.3 Å². The number of hydrogen-bond acceptors (Lipinski definition) is 7. The Balaban J connectivity index is 1.63. The third-order valence-electron chi connectivity index (χ3n) is 7.94. The first kappa shape index (κ1) is 24.5. The van der Waals surface area contributed by atoms with Gasteiger partial charge in [0, 0.05) is 0 Å². The van der Waals surface area contributed by atoms with Gasteiger partial charge in [0.05, 0.1) is 0 Å². The molecule has 184 valence electrons. The molecule has 3 aliphatic rings. The van der Waals surface area contributed by atoms with Crippen LogP contribution in [-0.2, 0) is 11.2 Å². The van der Waals surface area contributed by atoms with E-state index in [4.69, 9.17) is 4.74 Å². The van der Waals surface area contributed by atoms with Crippen LogP contribution in [0.3, 0.4) is 0 Å². The van der Waals surface area contributed by atoms with Crippen molar-refractivity contribution < 1.29 is 34.8 Å². The van der Waals surface area contributed by atoms with Crippen LogP contribution in [0.2, 0.25) is 4.71 Å². The molecule has 2 aliphatic carbocycles. The number of phenols is 2. The average molecular weight is 540 g/mol. The molecule has 2 radical (unpaired) electrons. The van der Waals surface area contributed by atoms with Crippen molar-refractivity contribution in [3.05, 3.63) is 57.6 Å². The zero-order chi connectivity index (χ0) is 25.2. The predicted molar refractivity (Wildman–Crippen MR) is 128 cm³/mol. The number of benzene rings is 2. The van der Waals surface area contributed by atoms with Crippen molar-refractivity contribution in [1.82, 2.24) is 0 Å². The molecule has 8 heteroatoms. The van der Waals surface area contributed by atoms with Gasteiger partial charge < -0.3 is 0 Å². The summed E-state index contributed by atoms with van der Waals surface area (Å²) in [7, 11) is 0. The molecule has 1 saturated heterocycles. The van der Waals surface area contributed by atoms with Crippen molar-refractivity contribution in [2.75, 3.05) is 0 Å². The fourth-order valence-electron chi connectivity index (χ4n) is 6.07. The van der Waals surface area contributed by atoms with E-state index in [-0.39, 0.29) is 68.9 Å². The molecule has 0 bridgehead atoms. The van der Waals surface area contributed by atoms with Gasteiger partial charge in [-0.2, -0.15) is 0 Å². The molecule has 35 heavy (non-hydrogen) atoms. The number of ketones is 2. The summed E-state index contributed by atoms with van der Waals surface area (Å²) in [6.45, 7) is 3.52. The van der Waals surface area contributed by atoms with Gasteiger partial charge in [-0.3, -0.25) is 0 Å². The van der Waals surface area contributed by atoms with E-state index < -0.39 is 23.8 Å². The Labute approximate surface area is 212 Å². The van der Waals surface area contributed by atoms with E-state index in [0.29, 0.717) is 30.4 Å². The normalized spacial score (nSPS) is 30.9. The zero-order valence-electron chi connectivity index (χ0n) is 19.6. The molecule has 0 aromatic heterocycles. The van der Waals surface area contributed by atoms with Gasteiger partial charge in [-0.15, -0.1) is 0 Å². The Hall–Kier alpha value is -2.18. The molecule has 1 fully saturated rings. The van der Waals surface area contributed by atoms with Gasteiger partial charge >= 0.3 is 207 Å². The number of ether oxygens (including phenoxy) is 1. The summed E-state index contributed by atoms with van der Waals surface area (Å²) >= 11 is 2.50. The molecule has 1 heterocycles. The molecule has 4 N–H and O–H groups in total. The van der Waals surface area contributed by atoms with Crippen LogP contribution in [0.4, 0.5) is 0 Å². The fraction of sp³-hybridized carbons (Fsp3) is 0.481. The number of aromatic hydroxyl groups is 2. The minimum atomic E-state index is -0.662. The Morgan fingerprint density at radius 2 is 1.66 bits per heavy atom. The van der Waals surface area contributed by atoms with Crippen molar-refractivity contribution >= 4 is 28.4 Å². The second kappa shape index (κ2) is 9.04. The van der Waals surface area contributed by atoms with Gasteiger partial charge in [0.1, 0.15) is 0 Å². The van der Waals surface area contributed by atoms with E-state index in [9.17, 15) is 30.0 Å². The van der Waals surface area contributed by atoms with Crippen molar-refractivity contribution in [3.8, 4) is 11.5 Å². The molecule has 2 aromatic carbocycles. The number of carbonyl (C=O) groups is 2. The minimum absolute atomic E-state index is 0.0203. The average Bonchev–Trinajstić information content (AvgIpc) is 2.82. The summed E-state index contributed by atoms with van der Waals surface area (Å²) < 4.78 is 6.04. The number of aliphatic hydroxyl groups is 2. The van der Waals surface area contributed by atoms with Crippen LogP contribution in [0.25, 0.3) is 0 Å². The van der Waals surface area contributed by atoms with E-state index in [1.807, 2.05) is 6.92 Å². The number of fused-ring (bicyclic) bond motifs is 3. The van der Waals surface area contributed by atoms with Gasteiger partial charge in [-0.1, -0.05) is 6.07 Å². The first-order chi connectivity index (χ1) is 16.6. The second-order valence-electron chi connectivity index (χ2n) is 10.2. The molecule has 5 rings (SSSR count). The summed E-state index contributed by atoms with van der Waals surface area (Å²) in [4.78, 5) is 26.7. The molecule has 0 amide bonds. The van der Waals surface area contributed by atoms with Crippen LogP contribution in [0, 0.1) is 5.92 Å². The Kier molecular flexibility index (Phi) is 6.33. The van der Waals surface area contributed by atoms with E-state index >= 15 is 0 Å². The Morgan fingerprint density at radius 1 is 1.06 bits per heavy atom. The third kappa shape index (κ3) is 3.93. The molecule has 0 saturated carbocycles. The molecule has 2 aromatic rings. The molecular formula is C27H29AsO7. The summed E-state index contributed by atoms with van der Waals surface area (Å²) in [5.74, 6) is -2.03. The van der Waals surface area contributed by atoms with Crippen molar-refractivity contribution in [1.29, 1.82) is 0 Å². The predicted octanol–water partition coefficient (Wildman–Crippen LogP) is 2.79. The van der Waals surface area contributed by atoms with Gasteiger partial charge in [0.25, 0.3) is 0 Å². The number of phenolic OH excluding ortho intramolecular Hbond substituents is 2. The fourth-order valence-corrected chi connectivity index (χ4v) is 7.07. The Bertz CT molecular complexity index is 1190. The number of aliphatic hydroxyl groups excluding tert-OH is 2. The van der Waals surface area contributed by atoms with Crippen LogP contribution in [-0.4, -0.2) is 73.3 Å². The molecule has 7 atom stereocenters. The van der Waals surface area contributed by atoms with Gasteiger partial charge in [0.2, 0.25) is 0 Å². The zero-order valence-corrected chi connectivity index (χ0v) is 21.5. The SMILES string of the molecule is CC(O)C1Cc2c(O)c3c(c(O)c2C(C[C@H]2C[C@H]([As])[C@H](O)[C@H](C)O2)C1)C(=O)c1ccccc1C3=O. The van der Waals surface area contributed by atoms with Crippen molar-refractivity contribution in [3.63, 3.8) is 0 Å². The van der Waals surface area contributed by atoms with Gasteiger partial charge in [-0.25, -0.2) is 0 Å². The Morgan fingerprint density at radius 3 is 2.23 bits per heavy atom. The number of rotatable bonds is 3. The molecule has 1 aliphatic heterocycles. The first-order valence-corrected chi connectivity index (χ1v) is 13.2. The number of carbonyl (C=O) groups excluding carboxylic acids is 2. The molecule has 0 spiro atoms. The first-order valence-electron chi connectivity index (χ1n) is 12.1. The van der Waals surface area contributed by atoms with Crippen molar-refractivity contribution in [2.24, 2.45) is 5.92 Å². The van der Waals surface area contributed by atoms with Crippen LogP contribution >= 0.6 is 0 Å². The van der Waals surface area contributed by atoms with Crippen LogP contribution in [0.1, 0.15) is 82.0 Å².